The van der Waals surface area contributed by atoms with Gasteiger partial charge < -0.3 is 19.9 Å². The van der Waals surface area contributed by atoms with E-state index in [1.165, 1.54) is 12.1 Å². The zero-order valence-electron chi connectivity index (χ0n) is 14.7. The van der Waals surface area contributed by atoms with E-state index in [0.717, 1.165) is 45.1 Å². The van der Waals surface area contributed by atoms with Crippen LogP contribution in [-0.4, -0.2) is 55.8 Å². The van der Waals surface area contributed by atoms with Crippen molar-refractivity contribution in [1.29, 1.82) is 0 Å². The molecule has 2 fully saturated rings. The number of hydrogen-bond donors (Lipinski definition) is 2. The number of halogens is 5. The second kappa shape index (κ2) is 10.6. The van der Waals surface area contributed by atoms with Crippen LogP contribution in [-0.2, 0) is 4.74 Å². The highest BCUT2D eigenvalue weighted by Gasteiger charge is 2.35. The predicted molar refractivity (Wildman–Crippen MR) is 100 cm³/mol. The van der Waals surface area contributed by atoms with Crippen molar-refractivity contribution in [1.82, 2.24) is 10.2 Å². The van der Waals surface area contributed by atoms with Gasteiger partial charge in [0.15, 0.2) is 0 Å². The lowest BCUT2D eigenvalue weighted by Crippen LogP contribution is -2.47. The Balaban J connectivity index is 0.00000182. The summed E-state index contributed by atoms with van der Waals surface area (Å²) < 4.78 is 47.2. The first kappa shape index (κ1) is 24.1. The molecular weight excluding hydrogens is 408 g/mol. The number of phenols is 1. The summed E-state index contributed by atoms with van der Waals surface area (Å²) in [5, 5.41) is 13.6. The molecule has 0 aromatic heterocycles. The molecule has 2 heterocycles. The minimum absolute atomic E-state index is 0. The Morgan fingerprint density at radius 2 is 1.78 bits per heavy atom. The number of nitrogens with zero attached hydrogens (tertiary/aromatic N) is 1. The fraction of sp³-hybridized carbons (Fsp3) is 0.647. The molecule has 1 atom stereocenters. The number of nitrogens with one attached hydrogen (secondary N) is 1. The van der Waals surface area contributed by atoms with Crippen LogP contribution in [0.25, 0.3) is 0 Å². The monoisotopic (exact) mass is 432 g/mol. The van der Waals surface area contributed by atoms with Crippen LogP contribution in [0.3, 0.4) is 0 Å². The zero-order chi connectivity index (χ0) is 17.9. The van der Waals surface area contributed by atoms with Gasteiger partial charge in [-0.15, -0.1) is 38.0 Å². The lowest BCUT2D eigenvalue weighted by Gasteiger charge is -2.41. The molecule has 0 saturated carbocycles. The van der Waals surface area contributed by atoms with Crippen molar-refractivity contribution in [2.24, 2.45) is 5.92 Å². The molecule has 3 rings (SSSR count). The first-order valence-electron chi connectivity index (χ1n) is 8.55. The summed E-state index contributed by atoms with van der Waals surface area (Å²) in [6.07, 6.45) is -3.12. The van der Waals surface area contributed by atoms with Crippen LogP contribution in [0, 0.1) is 5.92 Å². The topological polar surface area (TPSA) is 54.0 Å². The molecule has 2 saturated heterocycles. The number of hydrogen-bond acceptors (Lipinski definition) is 5. The van der Waals surface area contributed by atoms with E-state index in [1.807, 2.05) is 0 Å². The summed E-state index contributed by atoms with van der Waals surface area (Å²) in [4.78, 5) is 2.24. The maximum Gasteiger partial charge on any atom is 0.573 e. The van der Waals surface area contributed by atoms with E-state index in [2.05, 4.69) is 15.0 Å². The van der Waals surface area contributed by atoms with Crippen LogP contribution in [0.15, 0.2) is 18.2 Å². The summed E-state index contributed by atoms with van der Waals surface area (Å²) in [6.45, 7) is 4.47. The third kappa shape index (κ3) is 6.57. The molecule has 156 valence electrons. The van der Waals surface area contributed by atoms with Crippen LogP contribution in [0.2, 0.25) is 0 Å². The fourth-order valence-corrected chi connectivity index (χ4v) is 3.71. The Bertz CT molecular complexity index is 563. The highest BCUT2D eigenvalue weighted by Crippen LogP contribution is 2.41. The zero-order valence-corrected chi connectivity index (χ0v) is 16.3. The van der Waals surface area contributed by atoms with E-state index >= 15 is 0 Å². The van der Waals surface area contributed by atoms with Gasteiger partial charge in [0.2, 0.25) is 0 Å². The number of rotatable bonds is 4. The van der Waals surface area contributed by atoms with Crippen molar-refractivity contribution in [3.05, 3.63) is 23.8 Å². The average Bonchev–Trinajstić information content (AvgIpc) is 2.59. The number of piperazine rings is 1. The van der Waals surface area contributed by atoms with E-state index in [4.69, 9.17) is 4.74 Å². The molecule has 0 unspecified atom stereocenters. The Hall–Kier alpha value is -0.930. The Morgan fingerprint density at radius 1 is 1.15 bits per heavy atom. The van der Waals surface area contributed by atoms with Gasteiger partial charge in [-0.05, 0) is 37.0 Å². The minimum Gasteiger partial charge on any atom is -0.508 e. The number of aromatic hydroxyl groups is 1. The fourth-order valence-electron chi connectivity index (χ4n) is 3.71. The van der Waals surface area contributed by atoms with Gasteiger partial charge in [0.25, 0.3) is 0 Å². The van der Waals surface area contributed by atoms with Gasteiger partial charge in [0, 0.05) is 51.0 Å². The number of phenolic OH excluding ortho intramolecular Hbond substituents is 1. The van der Waals surface area contributed by atoms with E-state index in [-0.39, 0.29) is 48.3 Å². The first-order chi connectivity index (χ1) is 11.9. The lowest BCUT2D eigenvalue weighted by atomic mass is 9.85. The van der Waals surface area contributed by atoms with E-state index in [0.29, 0.717) is 18.8 Å². The van der Waals surface area contributed by atoms with Gasteiger partial charge in [-0.1, -0.05) is 0 Å². The van der Waals surface area contributed by atoms with E-state index < -0.39 is 6.36 Å². The van der Waals surface area contributed by atoms with Crippen molar-refractivity contribution < 1.29 is 27.8 Å². The SMILES string of the molecule is Cl.Cl.Oc1ccc(OC(F)(F)F)cc1[C@H](C1CCOCC1)N1CCNCC1. The number of benzene rings is 1. The second-order valence-corrected chi connectivity index (χ2v) is 6.45. The van der Waals surface area contributed by atoms with Crippen LogP contribution >= 0.6 is 24.8 Å². The molecule has 0 radical (unpaired) electrons. The van der Waals surface area contributed by atoms with Crippen molar-refractivity contribution in [2.75, 3.05) is 39.4 Å². The van der Waals surface area contributed by atoms with Gasteiger partial charge in [-0.3, -0.25) is 4.90 Å². The quantitative estimate of drug-likeness (QED) is 0.762. The lowest BCUT2D eigenvalue weighted by molar-refractivity contribution is -0.274. The van der Waals surface area contributed by atoms with Gasteiger partial charge in [0.1, 0.15) is 11.5 Å². The van der Waals surface area contributed by atoms with Gasteiger partial charge in [-0.25, -0.2) is 0 Å². The molecule has 0 spiro atoms. The molecule has 0 bridgehead atoms. The molecule has 5 nitrogen and oxygen atoms in total. The van der Waals surface area contributed by atoms with Crippen molar-refractivity contribution in [3.63, 3.8) is 0 Å². The molecule has 1 aromatic carbocycles. The molecule has 27 heavy (non-hydrogen) atoms. The normalized spacial score (nSPS) is 20.3. The summed E-state index contributed by atoms with van der Waals surface area (Å²) >= 11 is 0. The van der Waals surface area contributed by atoms with Crippen LogP contribution in [0.5, 0.6) is 11.5 Å². The smallest absolute Gasteiger partial charge is 0.508 e. The average molecular weight is 433 g/mol. The summed E-state index contributed by atoms with van der Waals surface area (Å²) in [7, 11) is 0. The van der Waals surface area contributed by atoms with Crippen LogP contribution in [0.4, 0.5) is 13.2 Å². The van der Waals surface area contributed by atoms with E-state index in [9.17, 15) is 18.3 Å². The highest BCUT2D eigenvalue weighted by atomic mass is 35.5. The summed E-state index contributed by atoms with van der Waals surface area (Å²) in [5.41, 5.74) is 0.496. The largest absolute Gasteiger partial charge is 0.573 e. The number of alkyl halides is 3. The number of ether oxygens (including phenoxy) is 2. The minimum atomic E-state index is -4.75. The molecule has 2 N–H and O–H groups in total. The molecule has 10 heteroatoms. The van der Waals surface area contributed by atoms with Gasteiger partial charge in [-0.2, -0.15) is 0 Å². The third-order valence-corrected chi connectivity index (χ3v) is 4.81. The molecule has 0 aliphatic carbocycles. The van der Waals surface area contributed by atoms with Crippen molar-refractivity contribution >= 4 is 24.8 Å². The van der Waals surface area contributed by atoms with Crippen molar-refractivity contribution in [3.8, 4) is 11.5 Å². The first-order valence-corrected chi connectivity index (χ1v) is 8.55. The predicted octanol–water partition coefficient (Wildman–Crippen LogP) is 3.51. The maximum atomic E-state index is 12.6. The van der Waals surface area contributed by atoms with Crippen LogP contribution < -0.4 is 10.1 Å². The van der Waals surface area contributed by atoms with Crippen LogP contribution in [0.1, 0.15) is 24.4 Å². The summed E-state index contributed by atoms with van der Waals surface area (Å²) in [5.74, 6) is -0.0732. The second-order valence-electron chi connectivity index (χ2n) is 6.45. The molecule has 2 aliphatic rings. The summed E-state index contributed by atoms with van der Waals surface area (Å²) in [6, 6.07) is 3.60. The van der Waals surface area contributed by atoms with Gasteiger partial charge >= 0.3 is 6.36 Å². The Morgan fingerprint density at radius 3 is 2.37 bits per heavy atom. The Kier molecular flexibility index (Phi) is 9.44. The highest BCUT2D eigenvalue weighted by molar-refractivity contribution is 5.85. The molecule has 2 aliphatic heterocycles. The third-order valence-electron chi connectivity index (χ3n) is 4.81. The van der Waals surface area contributed by atoms with Gasteiger partial charge in [0.05, 0.1) is 0 Å². The molecule has 0 amide bonds. The molecular formula is C17H25Cl2F3N2O3. The maximum absolute atomic E-state index is 12.6. The standard InChI is InChI=1S/C17H23F3N2O3.2ClH/c18-17(19,20)25-13-1-2-15(23)14(11-13)16(12-3-9-24-10-4-12)22-7-5-21-6-8-22;;/h1-2,11-12,16,21,23H,3-10H2;2*1H/t16-;;/m0../s1. The van der Waals surface area contributed by atoms with E-state index in [1.54, 1.807) is 0 Å². The Labute approximate surface area is 169 Å². The molecule has 1 aromatic rings. The van der Waals surface area contributed by atoms with Crippen molar-refractivity contribution in [2.45, 2.75) is 25.2 Å².